The Kier molecular flexibility index (Phi) is 2.26. The SMILES string of the molecule is CC(C)(C)OC[NH]. The minimum Gasteiger partial charge on any atom is -0.359 e. The largest absolute Gasteiger partial charge is 0.359 e. The highest BCUT2D eigenvalue weighted by Crippen LogP contribution is 2.03. The first-order chi connectivity index (χ1) is 3.06. The van der Waals surface area contributed by atoms with Crippen LogP contribution in [0, 0.1) is 0 Å². The zero-order valence-corrected chi connectivity index (χ0v) is 5.12. The fraction of sp³-hybridized carbons (Fsp3) is 1.00. The van der Waals surface area contributed by atoms with E-state index >= 15 is 0 Å². The molecule has 0 heterocycles. The number of ether oxygens (including phenoxy) is 1. The molecule has 0 bridgehead atoms. The van der Waals surface area contributed by atoms with Gasteiger partial charge in [-0.2, -0.15) is 0 Å². The van der Waals surface area contributed by atoms with Gasteiger partial charge in [0.1, 0.15) is 6.73 Å². The van der Waals surface area contributed by atoms with Crippen molar-refractivity contribution in [2.24, 2.45) is 0 Å². The van der Waals surface area contributed by atoms with Gasteiger partial charge in [-0.1, -0.05) is 0 Å². The van der Waals surface area contributed by atoms with Crippen molar-refractivity contribution in [2.75, 3.05) is 6.73 Å². The van der Waals surface area contributed by atoms with Crippen LogP contribution < -0.4 is 5.73 Å². The van der Waals surface area contributed by atoms with Crippen LogP contribution in [0.15, 0.2) is 0 Å². The fourth-order valence-corrected chi connectivity index (χ4v) is 0.217. The smallest absolute Gasteiger partial charge is 0.110 e. The molecule has 2 nitrogen and oxygen atoms in total. The zero-order chi connectivity index (χ0) is 5.91. The van der Waals surface area contributed by atoms with Crippen LogP contribution in [0.25, 0.3) is 0 Å². The third kappa shape index (κ3) is 5.92. The Labute approximate surface area is 44.7 Å². The normalized spacial score (nSPS) is 12.0. The van der Waals surface area contributed by atoms with Gasteiger partial charge in [0, 0.05) is 0 Å². The van der Waals surface area contributed by atoms with Crippen molar-refractivity contribution < 1.29 is 4.74 Å². The quantitative estimate of drug-likeness (QED) is 0.487. The van der Waals surface area contributed by atoms with Gasteiger partial charge in [-0.25, -0.2) is 5.73 Å². The molecule has 0 aromatic carbocycles. The predicted octanol–water partition coefficient (Wildman–Crippen LogP) is 1.04. The lowest BCUT2D eigenvalue weighted by Crippen LogP contribution is -2.19. The summed E-state index contributed by atoms with van der Waals surface area (Å²) in [7, 11) is 0. The van der Waals surface area contributed by atoms with Crippen LogP contribution in [0.1, 0.15) is 20.8 Å². The lowest BCUT2D eigenvalue weighted by atomic mass is 10.2. The van der Waals surface area contributed by atoms with E-state index in [0.29, 0.717) is 0 Å². The van der Waals surface area contributed by atoms with E-state index in [0.717, 1.165) is 0 Å². The van der Waals surface area contributed by atoms with E-state index in [1.165, 1.54) is 0 Å². The Morgan fingerprint density at radius 2 is 1.86 bits per heavy atom. The van der Waals surface area contributed by atoms with Crippen LogP contribution in [-0.4, -0.2) is 12.3 Å². The van der Waals surface area contributed by atoms with Crippen molar-refractivity contribution in [3.8, 4) is 0 Å². The third-order valence-corrected chi connectivity index (χ3v) is 0.505. The van der Waals surface area contributed by atoms with E-state index in [9.17, 15) is 0 Å². The number of hydrogen-bond acceptors (Lipinski definition) is 1. The summed E-state index contributed by atoms with van der Waals surface area (Å²) in [6, 6.07) is 0. The van der Waals surface area contributed by atoms with Crippen LogP contribution in [0.4, 0.5) is 0 Å². The number of hydrogen-bond donors (Lipinski definition) is 0. The Bertz CT molecular complexity index is 46.5. The van der Waals surface area contributed by atoms with Gasteiger partial charge in [0.25, 0.3) is 0 Å². The van der Waals surface area contributed by atoms with Crippen LogP contribution in [-0.2, 0) is 4.74 Å². The average Bonchev–Trinajstić information content (AvgIpc) is 1.30. The summed E-state index contributed by atoms with van der Waals surface area (Å²) in [4.78, 5) is 0. The molecule has 0 saturated heterocycles. The molecule has 7 heavy (non-hydrogen) atoms. The Balaban J connectivity index is 3.15. The maximum absolute atomic E-state index is 6.64. The van der Waals surface area contributed by atoms with E-state index < -0.39 is 0 Å². The van der Waals surface area contributed by atoms with Crippen molar-refractivity contribution in [1.29, 1.82) is 0 Å². The highest BCUT2D eigenvalue weighted by Gasteiger charge is 2.06. The molecule has 0 aliphatic carbocycles. The molecule has 43 valence electrons. The highest BCUT2D eigenvalue weighted by molar-refractivity contribution is 4.56. The van der Waals surface area contributed by atoms with Crippen molar-refractivity contribution in [1.82, 2.24) is 5.73 Å². The molecule has 0 aliphatic heterocycles. The van der Waals surface area contributed by atoms with Crippen molar-refractivity contribution >= 4 is 0 Å². The number of rotatable bonds is 1. The standard InChI is InChI=1S/C5H12NO/c1-5(2,3)7-4-6/h6H,4H2,1-3H3. The van der Waals surface area contributed by atoms with Crippen molar-refractivity contribution in [3.05, 3.63) is 0 Å². The van der Waals surface area contributed by atoms with E-state index in [-0.39, 0.29) is 12.3 Å². The van der Waals surface area contributed by atoms with Crippen LogP contribution >= 0.6 is 0 Å². The molecule has 0 saturated carbocycles. The molecule has 1 radical (unpaired) electrons. The summed E-state index contributed by atoms with van der Waals surface area (Å²) < 4.78 is 4.90. The number of nitrogens with one attached hydrogen (secondary N) is 1. The summed E-state index contributed by atoms with van der Waals surface area (Å²) in [6.07, 6.45) is 0. The van der Waals surface area contributed by atoms with Gasteiger partial charge in [0.15, 0.2) is 0 Å². The molecule has 0 spiro atoms. The highest BCUT2D eigenvalue weighted by atomic mass is 16.5. The second kappa shape index (κ2) is 2.28. The molecule has 0 aromatic heterocycles. The fourth-order valence-electron chi connectivity index (χ4n) is 0.217. The minimum absolute atomic E-state index is 0.0590. The monoisotopic (exact) mass is 102 g/mol. The van der Waals surface area contributed by atoms with Gasteiger partial charge in [-0.3, -0.25) is 0 Å². The van der Waals surface area contributed by atoms with Crippen molar-refractivity contribution in [3.63, 3.8) is 0 Å². The second-order valence-corrected chi connectivity index (χ2v) is 2.40. The minimum atomic E-state index is -0.137. The third-order valence-electron chi connectivity index (χ3n) is 0.505. The maximum Gasteiger partial charge on any atom is 0.110 e. The van der Waals surface area contributed by atoms with Gasteiger partial charge in [-0.05, 0) is 20.8 Å². The molecule has 0 rings (SSSR count). The maximum atomic E-state index is 6.64. The Hall–Kier alpha value is -0.0800. The van der Waals surface area contributed by atoms with Crippen LogP contribution in [0.5, 0.6) is 0 Å². The topological polar surface area (TPSA) is 33.0 Å². The van der Waals surface area contributed by atoms with Gasteiger partial charge in [-0.15, -0.1) is 0 Å². The van der Waals surface area contributed by atoms with E-state index in [2.05, 4.69) is 0 Å². The van der Waals surface area contributed by atoms with E-state index in [4.69, 9.17) is 10.5 Å². The van der Waals surface area contributed by atoms with Gasteiger partial charge < -0.3 is 4.74 Å². The summed E-state index contributed by atoms with van der Waals surface area (Å²) in [6.45, 7) is 5.86. The first-order valence-corrected chi connectivity index (χ1v) is 2.35. The first-order valence-electron chi connectivity index (χ1n) is 2.35. The van der Waals surface area contributed by atoms with Crippen molar-refractivity contribution in [2.45, 2.75) is 26.4 Å². The van der Waals surface area contributed by atoms with E-state index in [1.807, 2.05) is 20.8 Å². The Morgan fingerprint density at radius 3 is 1.86 bits per heavy atom. The first kappa shape index (κ1) is 6.92. The summed E-state index contributed by atoms with van der Waals surface area (Å²) in [5.41, 5.74) is 6.50. The lowest BCUT2D eigenvalue weighted by molar-refractivity contribution is -0.00161. The van der Waals surface area contributed by atoms with E-state index in [1.54, 1.807) is 0 Å². The predicted molar refractivity (Wildman–Crippen MR) is 28.8 cm³/mol. The molecule has 0 fully saturated rings. The zero-order valence-electron chi connectivity index (χ0n) is 5.12. The molecule has 1 N–H and O–H groups in total. The van der Waals surface area contributed by atoms with Gasteiger partial charge in [0.2, 0.25) is 0 Å². The second-order valence-electron chi connectivity index (χ2n) is 2.40. The molecule has 0 amide bonds. The molecule has 0 aliphatic rings. The van der Waals surface area contributed by atoms with Crippen LogP contribution in [0.2, 0.25) is 0 Å². The molecular weight excluding hydrogens is 90.1 g/mol. The molecule has 0 unspecified atom stereocenters. The molecule has 2 heteroatoms. The Morgan fingerprint density at radius 1 is 1.43 bits per heavy atom. The molecular formula is C5H12NO. The lowest BCUT2D eigenvalue weighted by Gasteiger charge is -2.16. The summed E-state index contributed by atoms with van der Waals surface area (Å²) in [5, 5.41) is 0. The summed E-state index contributed by atoms with van der Waals surface area (Å²) in [5.74, 6) is 0. The van der Waals surface area contributed by atoms with Gasteiger partial charge in [0.05, 0.1) is 5.60 Å². The van der Waals surface area contributed by atoms with Gasteiger partial charge >= 0.3 is 0 Å². The molecule has 0 atom stereocenters. The summed E-state index contributed by atoms with van der Waals surface area (Å²) >= 11 is 0. The van der Waals surface area contributed by atoms with Crippen LogP contribution in [0.3, 0.4) is 0 Å². The molecule has 0 aromatic rings. The average molecular weight is 102 g/mol.